The Labute approximate surface area is 145 Å². The van der Waals surface area contributed by atoms with Crippen molar-refractivity contribution in [2.45, 2.75) is 17.5 Å². The summed E-state index contributed by atoms with van der Waals surface area (Å²) in [5, 5.41) is -0.699. The fraction of sp³-hybridized carbons (Fsp3) is 0.529. The number of halogens is 1. The van der Waals surface area contributed by atoms with E-state index in [2.05, 4.69) is 7.05 Å². The molecule has 7 heteroatoms. The number of likely N-dealkylation sites (N-methyl/N-ethyl adjacent to an activating group) is 1. The summed E-state index contributed by atoms with van der Waals surface area (Å²) in [5.41, 5.74) is 0.468. The highest BCUT2D eigenvalue weighted by molar-refractivity contribution is 8.01. The first-order chi connectivity index (χ1) is 11.5. The second-order valence-electron chi connectivity index (χ2n) is 6.46. The van der Waals surface area contributed by atoms with Crippen LogP contribution in [0.1, 0.15) is 17.9 Å². The third-order valence-electron chi connectivity index (χ3n) is 4.69. The van der Waals surface area contributed by atoms with Crippen molar-refractivity contribution < 1.29 is 18.9 Å². The van der Waals surface area contributed by atoms with Crippen LogP contribution >= 0.6 is 11.8 Å². The van der Waals surface area contributed by atoms with E-state index < -0.39 is 5.37 Å². The van der Waals surface area contributed by atoms with Gasteiger partial charge >= 0.3 is 0 Å². The van der Waals surface area contributed by atoms with Gasteiger partial charge in [0.15, 0.2) is 0 Å². The van der Waals surface area contributed by atoms with Gasteiger partial charge in [-0.15, -0.1) is 11.8 Å². The lowest BCUT2D eigenvalue weighted by molar-refractivity contribution is -0.883. The molecule has 2 fully saturated rings. The number of thioether (sulfide) groups is 1. The lowest BCUT2D eigenvalue weighted by atomic mass is 10.2. The Morgan fingerprint density at radius 3 is 2.67 bits per heavy atom. The largest absolute Gasteiger partial charge is 0.334 e. The molecule has 0 spiro atoms. The van der Waals surface area contributed by atoms with E-state index >= 15 is 0 Å². The van der Waals surface area contributed by atoms with Gasteiger partial charge in [0.2, 0.25) is 11.8 Å². The zero-order chi connectivity index (χ0) is 17.3. The molecule has 0 aromatic heterocycles. The van der Waals surface area contributed by atoms with Crippen molar-refractivity contribution in [1.82, 2.24) is 9.80 Å². The molecule has 0 unspecified atom stereocenters. The van der Waals surface area contributed by atoms with Crippen molar-refractivity contribution in [3.63, 3.8) is 0 Å². The van der Waals surface area contributed by atoms with E-state index in [-0.39, 0.29) is 29.4 Å². The minimum absolute atomic E-state index is 0.0220. The van der Waals surface area contributed by atoms with Crippen LogP contribution in [0, 0.1) is 5.82 Å². The number of hydrogen-bond donors (Lipinski definition) is 1. The van der Waals surface area contributed by atoms with Gasteiger partial charge in [-0.2, -0.15) is 0 Å². The van der Waals surface area contributed by atoms with Crippen molar-refractivity contribution >= 4 is 23.6 Å². The maximum Gasteiger partial charge on any atom is 0.242 e. The molecule has 0 aliphatic carbocycles. The fourth-order valence-corrected chi connectivity index (χ4v) is 4.44. The minimum Gasteiger partial charge on any atom is -0.334 e. The molecule has 2 aliphatic rings. The van der Waals surface area contributed by atoms with Crippen molar-refractivity contribution in [2.24, 2.45) is 0 Å². The summed E-state index contributed by atoms with van der Waals surface area (Å²) in [6, 6.07) is 6.48. The number of rotatable bonds is 3. The molecule has 0 radical (unpaired) electrons. The smallest absolute Gasteiger partial charge is 0.242 e. The van der Waals surface area contributed by atoms with Crippen LogP contribution in [0.15, 0.2) is 24.3 Å². The van der Waals surface area contributed by atoms with E-state index in [1.54, 1.807) is 18.2 Å². The molecule has 2 heterocycles. The van der Waals surface area contributed by atoms with Gasteiger partial charge in [-0.05, 0) is 13.0 Å². The average Bonchev–Trinajstić information content (AvgIpc) is 2.84. The maximum atomic E-state index is 14.2. The SMILES string of the molecule is C[C@H]1S[C@@H](c2ccccc2F)N(CC(=O)N2CC[NH+](C)CC2)C1=O. The molecule has 24 heavy (non-hydrogen) atoms. The normalized spacial score (nSPS) is 25.4. The minimum atomic E-state index is -0.435. The fourth-order valence-electron chi connectivity index (χ4n) is 3.14. The van der Waals surface area contributed by atoms with Gasteiger partial charge in [-0.25, -0.2) is 4.39 Å². The molecule has 0 saturated carbocycles. The first-order valence-electron chi connectivity index (χ1n) is 8.27. The molecular formula is C17H23FN3O2S+. The lowest BCUT2D eigenvalue weighted by Crippen LogP contribution is -3.12. The number of nitrogens with one attached hydrogen (secondary N) is 1. The maximum absolute atomic E-state index is 14.2. The lowest BCUT2D eigenvalue weighted by Gasteiger charge is -2.32. The monoisotopic (exact) mass is 352 g/mol. The van der Waals surface area contributed by atoms with Gasteiger partial charge in [-0.3, -0.25) is 9.59 Å². The number of carbonyl (C=O) groups is 2. The van der Waals surface area contributed by atoms with Crippen LogP contribution in [0.5, 0.6) is 0 Å². The first kappa shape index (κ1) is 17.2. The highest BCUT2D eigenvalue weighted by Gasteiger charge is 2.41. The number of benzene rings is 1. The van der Waals surface area contributed by atoms with Crippen LogP contribution in [-0.2, 0) is 9.59 Å². The summed E-state index contributed by atoms with van der Waals surface area (Å²) in [6.45, 7) is 5.08. The van der Waals surface area contributed by atoms with Gasteiger partial charge in [0.25, 0.3) is 0 Å². The number of carbonyl (C=O) groups excluding carboxylic acids is 2. The quantitative estimate of drug-likeness (QED) is 0.842. The molecule has 1 aromatic carbocycles. The molecular weight excluding hydrogens is 329 g/mol. The third kappa shape index (κ3) is 3.42. The number of quaternary nitrogens is 1. The Hall–Kier alpha value is -1.60. The van der Waals surface area contributed by atoms with Crippen LogP contribution < -0.4 is 4.90 Å². The number of hydrogen-bond acceptors (Lipinski definition) is 3. The van der Waals surface area contributed by atoms with Crippen molar-refractivity contribution in [2.75, 3.05) is 39.8 Å². The van der Waals surface area contributed by atoms with Crippen LogP contribution in [0.4, 0.5) is 4.39 Å². The Kier molecular flexibility index (Phi) is 5.10. The standard InChI is InChI=1S/C17H22FN3O2S/c1-12-16(23)21(11-15(22)20-9-7-19(2)8-10-20)17(24-12)13-5-3-4-6-14(13)18/h3-6,12,17H,7-11H2,1-2H3/p+1/t12-,17+/m1/s1. The first-order valence-corrected chi connectivity index (χ1v) is 9.21. The predicted molar refractivity (Wildman–Crippen MR) is 91.1 cm³/mol. The summed E-state index contributed by atoms with van der Waals surface area (Å²) in [6.07, 6.45) is 0. The van der Waals surface area contributed by atoms with Gasteiger partial charge in [0, 0.05) is 5.56 Å². The van der Waals surface area contributed by atoms with Crippen LogP contribution in [0.25, 0.3) is 0 Å². The summed E-state index contributed by atoms with van der Waals surface area (Å²) in [5.74, 6) is -0.481. The van der Waals surface area contributed by atoms with E-state index in [0.717, 1.165) is 13.1 Å². The summed E-state index contributed by atoms with van der Waals surface area (Å²) < 4.78 is 14.2. The third-order valence-corrected chi connectivity index (χ3v) is 6.07. The van der Waals surface area contributed by atoms with Gasteiger partial charge in [0.05, 0.1) is 38.5 Å². The van der Waals surface area contributed by atoms with Gasteiger partial charge in [0.1, 0.15) is 17.7 Å². The molecule has 3 rings (SSSR count). The van der Waals surface area contributed by atoms with Crippen LogP contribution in [0.2, 0.25) is 0 Å². The molecule has 130 valence electrons. The zero-order valence-electron chi connectivity index (χ0n) is 14.0. The molecule has 5 nitrogen and oxygen atoms in total. The second-order valence-corrected chi connectivity index (χ2v) is 7.88. The molecule has 2 aliphatic heterocycles. The van der Waals surface area contributed by atoms with Crippen molar-refractivity contribution in [1.29, 1.82) is 0 Å². The second kappa shape index (κ2) is 7.11. The van der Waals surface area contributed by atoms with E-state index in [4.69, 9.17) is 0 Å². The molecule has 0 bridgehead atoms. The van der Waals surface area contributed by atoms with E-state index in [0.29, 0.717) is 18.7 Å². The molecule has 2 amide bonds. The van der Waals surface area contributed by atoms with E-state index in [1.807, 2.05) is 11.8 Å². The van der Waals surface area contributed by atoms with E-state index in [9.17, 15) is 14.0 Å². The summed E-state index contributed by atoms with van der Waals surface area (Å²) >= 11 is 1.40. The molecule has 2 saturated heterocycles. The summed E-state index contributed by atoms with van der Waals surface area (Å²) in [7, 11) is 2.11. The van der Waals surface area contributed by atoms with Crippen molar-refractivity contribution in [3.8, 4) is 0 Å². The zero-order valence-corrected chi connectivity index (χ0v) is 14.8. The number of nitrogens with zero attached hydrogens (tertiary/aromatic N) is 2. The van der Waals surface area contributed by atoms with Crippen LogP contribution in [0.3, 0.4) is 0 Å². The van der Waals surface area contributed by atoms with Crippen molar-refractivity contribution in [3.05, 3.63) is 35.6 Å². The molecule has 2 atom stereocenters. The molecule has 1 aromatic rings. The Balaban J connectivity index is 1.75. The highest BCUT2D eigenvalue weighted by Crippen LogP contribution is 2.43. The summed E-state index contributed by atoms with van der Waals surface area (Å²) in [4.78, 5) is 29.8. The van der Waals surface area contributed by atoms with Gasteiger partial charge < -0.3 is 14.7 Å². The highest BCUT2D eigenvalue weighted by atomic mass is 32.2. The Bertz CT molecular complexity index is 634. The van der Waals surface area contributed by atoms with Crippen LogP contribution in [-0.4, -0.2) is 66.6 Å². The predicted octanol–water partition coefficient (Wildman–Crippen LogP) is 0.145. The van der Waals surface area contributed by atoms with E-state index in [1.165, 1.54) is 27.6 Å². The Morgan fingerprint density at radius 2 is 2.00 bits per heavy atom. The topological polar surface area (TPSA) is 45.1 Å². The van der Waals surface area contributed by atoms with Gasteiger partial charge in [-0.1, -0.05) is 18.2 Å². The molecule has 1 N–H and O–H groups in total. The number of amides is 2. The number of piperazine rings is 1. The Morgan fingerprint density at radius 1 is 1.33 bits per heavy atom. The average molecular weight is 352 g/mol.